The molecule has 2 aromatic rings. The van der Waals surface area contributed by atoms with Crippen LogP contribution in [0.15, 0.2) is 48.5 Å². The highest BCUT2D eigenvalue weighted by atomic mass is 35.5. The minimum absolute atomic E-state index is 0.00721. The number of carbonyl (C=O) groups is 1. The Morgan fingerprint density at radius 1 is 1.13 bits per heavy atom. The van der Waals surface area contributed by atoms with E-state index in [4.69, 9.17) is 16.3 Å². The molecule has 2 rings (SSSR count). The highest BCUT2D eigenvalue weighted by Gasteiger charge is 2.30. The number of hydrogen-bond acceptors (Lipinski definition) is 2. The van der Waals surface area contributed by atoms with E-state index < -0.39 is 17.6 Å². The summed E-state index contributed by atoms with van der Waals surface area (Å²) in [6, 6.07) is 11.3. The summed E-state index contributed by atoms with van der Waals surface area (Å²) in [4.78, 5) is 11.7. The Morgan fingerprint density at radius 2 is 1.83 bits per heavy atom. The second kappa shape index (κ2) is 7.37. The average Bonchev–Trinajstić information content (AvgIpc) is 2.52. The van der Waals surface area contributed by atoms with Crippen molar-refractivity contribution in [1.29, 1.82) is 0 Å². The average molecular weight is 344 g/mol. The Morgan fingerprint density at radius 3 is 2.48 bits per heavy atom. The van der Waals surface area contributed by atoms with Gasteiger partial charge in [-0.05, 0) is 42.0 Å². The van der Waals surface area contributed by atoms with Crippen LogP contribution in [0.25, 0.3) is 0 Å². The third kappa shape index (κ3) is 5.49. The molecule has 0 saturated heterocycles. The first kappa shape index (κ1) is 17.1. The maximum absolute atomic E-state index is 12.6. The van der Waals surface area contributed by atoms with Gasteiger partial charge in [0.05, 0.1) is 5.56 Å². The molecular formula is C16H13ClF3NO2. The minimum Gasteiger partial charge on any atom is -0.484 e. The molecule has 0 heterocycles. The molecule has 1 N–H and O–H groups in total. The molecule has 2 aromatic carbocycles. The zero-order valence-electron chi connectivity index (χ0n) is 11.9. The van der Waals surface area contributed by atoms with E-state index >= 15 is 0 Å². The van der Waals surface area contributed by atoms with Crippen LogP contribution in [0.2, 0.25) is 5.02 Å². The smallest absolute Gasteiger partial charge is 0.416 e. The summed E-state index contributed by atoms with van der Waals surface area (Å²) in [7, 11) is 0. The van der Waals surface area contributed by atoms with Gasteiger partial charge < -0.3 is 10.1 Å². The van der Waals surface area contributed by atoms with Crippen molar-refractivity contribution in [3.05, 3.63) is 64.7 Å². The molecule has 3 nitrogen and oxygen atoms in total. The van der Waals surface area contributed by atoms with Crippen molar-refractivity contribution in [2.45, 2.75) is 12.7 Å². The molecule has 0 atom stereocenters. The molecule has 0 radical (unpaired) electrons. The molecule has 23 heavy (non-hydrogen) atoms. The van der Waals surface area contributed by atoms with E-state index in [1.807, 2.05) is 0 Å². The maximum atomic E-state index is 12.6. The van der Waals surface area contributed by atoms with Crippen LogP contribution < -0.4 is 10.1 Å². The van der Waals surface area contributed by atoms with Gasteiger partial charge in [-0.15, -0.1) is 0 Å². The van der Waals surface area contributed by atoms with Crippen LogP contribution in [0.5, 0.6) is 5.75 Å². The predicted molar refractivity (Wildman–Crippen MR) is 80.2 cm³/mol. The third-order valence-corrected chi connectivity index (χ3v) is 3.18. The lowest BCUT2D eigenvalue weighted by atomic mass is 10.1. The van der Waals surface area contributed by atoms with Gasteiger partial charge in [-0.3, -0.25) is 4.79 Å². The molecule has 0 spiro atoms. The number of hydrogen-bond donors (Lipinski definition) is 1. The van der Waals surface area contributed by atoms with Crippen molar-refractivity contribution in [3.63, 3.8) is 0 Å². The Kier molecular flexibility index (Phi) is 5.50. The van der Waals surface area contributed by atoms with Gasteiger partial charge in [-0.2, -0.15) is 13.2 Å². The summed E-state index contributed by atoms with van der Waals surface area (Å²) >= 11 is 5.72. The minimum atomic E-state index is -4.41. The van der Waals surface area contributed by atoms with Crippen LogP contribution in [0.4, 0.5) is 13.2 Å². The second-order valence-corrected chi connectivity index (χ2v) is 5.15. The molecule has 7 heteroatoms. The van der Waals surface area contributed by atoms with E-state index in [2.05, 4.69) is 5.32 Å². The van der Waals surface area contributed by atoms with Crippen LogP contribution >= 0.6 is 11.6 Å². The fourth-order valence-electron chi connectivity index (χ4n) is 1.79. The number of halogens is 4. The zero-order valence-corrected chi connectivity index (χ0v) is 12.6. The molecule has 0 aromatic heterocycles. The van der Waals surface area contributed by atoms with Gasteiger partial charge in [0.1, 0.15) is 5.75 Å². The maximum Gasteiger partial charge on any atom is 0.416 e. The lowest BCUT2D eigenvalue weighted by Gasteiger charge is -2.10. The Hall–Kier alpha value is -2.21. The number of rotatable bonds is 5. The van der Waals surface area contributed by atoms with Crippen molar-refractivity contribution in [2.24, 2.45) is 0 Å². The van der Waals surface area contributed by atoms with Crippen molar-refractivity contribution < 1.29 is 22.7 Å². The first-order chi connectivity index (χ1) is 10.8. The Bertz CT molecular complexity index is 672. The van der Waals surface area contributed by atoms with Crippen LogP contribution in [0, 0.1) is 0 Å². The Labute approximate surface area is 136 Å². The monoisotopic (exact) mass is 343 g/mol. The van der Waals surface area contributed by atoms with E-state index in [1.165, 1.54) is 12.1 Å². The van der Waals surface area contributed by atoms with E-state index in [0.29, 0.717) is 16.3 Å². The van der Waals surface area contributed by atoms with Crippen molar-refractivity contribution in [1.82, 2.24) is 5.32 Å². The lowest BCUT2D eigenvalue weighted by molar-refractivity contribution is -0.137. The van der Waals surface area contributed by atoms with Gasteiger partial charge in [0.25, 0.3) is 5.91 Å². The zero-order chi connectivity index (χ0) is 16.9. The van der Waals surface area contributed by atoms with Crippen LogP contribution in [0.1, 0.15) is 11.1 Å². The van der Waals surface area contributed by atoms with Crippen molar-refractivity contribution >= 4 is 17.5 Å². The normalized spacial score (nSPS) is 11.1. The summed E-state index contributed by atoms with van der Waals surface area (Å²) in [5.74, 6) is 0.0426. The van der Waals surface area contributed by atoms with E-state index in [9.17, 15) is 18.0 Å². The van der Waals surface area contributed by atoms with E-state index in [1.54, 1.807) is 24.3 Å². The Balaban J connectivity index is 1.83. The SMILES string of the molecule is O=C(COc1ccc(Cl)cc1)NCc1cccc(C(F)(F)F)c1. The summed E-state index contributed by atoms with van der Waals surface area (Å²) in [6.45, 7) is -0.243. The molecule has 0 bridgehead atoms. The van der Waals surface area contributed by atoms with Crippen molar-refractivity contribution in [3.8, 4) is 5.75 Å². The van der Waals surface area contributed by atoms with Crippen LogP contribution in [0.3, 0.4) is 0 Å². The molecule has 0 unspecified atom stereocenters. The summed E-state index contributed by atoms with van der Waals surface area (Å²) in [6.07, 6.45) is -4.41. The van der Waals surface area contributed by atoms with Crippen LogP contribution in [-0.4, -0.2) is 12.5 Å². The van der Waals surface area contributed by atoms with Crippen LogP contribution in [-0.2, 0) is 17.5 Å². The quantitative estimate of drug-likeness (QED) is 0.889. The van der Waals surface area contributed by atoms with Gasteiger partial charge in [0.2, 0.25) is 0 Å². The molecule has 0 aliphatic rings. The summed E-state index contributed by atoms with van der Waals surface area (Å²) in [5, 5.41) is 3.05. The van der Waals surface area contributed by atoms with Gasteiger partial charge in [0.15, 0.2) is 6.61 Å². The number of benzene rings is 2. The molecule has 122 valence electrons. The van der Waals surface area contributed by atoms with Gasteiger partial charge >= 0.3 is 6.18 Å². The highest BCUT2D eigenvalue weighted by Crippen LogP contribution is 2.29. The lowest BCUT2D eigenvalue weighted by Crippen LogP contribution is -2.28. The largest absolute Gasteiger partial charge is 0.484 e. The van der Waals surface area contributed by atoms with E-state index in [-0.39, 0.29) is 13.2 Å². The van der Waals surface area contributed by atoms with Gasteiger partial charge in [0, 0.05) is 11.6 Å². The molecular weight excluding hydrogens is 331 g/mol. The highest BCUT2D eigenvalue weighted by molar-refractivity contribution is 6.30. The molecule has 1 amide bonds. The number of amides is 1. The standard InChI is InChI=1S/C16H13ClF3NO2/c17-13-4-6-14(7-5-13)23-10-15(22)21-9-11-2-1-3-12(8-11)16(18,19)20/h1-8H,9-10H2,(H,21,22). The van der Waals surface area contributed by atoms with E-state index in [0.717, 1.165) is 12.1 Å². The number of ether oxygens (including phenoxy) is 1. The molecule has 0 fully saturated rings. The molecule has 0 saturated carbocycles. The number of nitrogens with one attached hydrogen (secondary N) is 1. The summed E-state index contributed by atoms with van der Waals surface area (Å²) in [5.41, 5.74) is -0.388. The third-order valence-electron chi connectivity index (χ3n) is 2.93. The molecule has 0 aliphatic carbocycles. The first-order valence-corrected chi connectivity index (χ1v) is 7.03. The second-order valence-electron chi connectivity index (χ2n) is 4.72. The predicted octanol–water partition coefficient (Wildman–Crippen LogP) is 4.05. The number of alkyl halides is 3. The van der Waals surface area contributed by atoms with Crippen molar-refractivity contribution in [2.75, 3.05) is 6.61 Å². The first-order valence-electron chi connectivity index (χ1n) is 6.66. The summed E-state index contributed by atoms with van der Waals surface area (Å²) < 4.78 is 43.0. The number of carbonyl (C=O) groups excluding carboxylic acids is 1. The van der Waals surface area contributed by atoms with Gasteiger partial charge in [-0.1, -0.05) is 23.7 Å². The topological polar surface area (TPSA) is 38.3 Å². The fraction of sp³-hybridized carbons (Fsp3) is 0.188. The fourth-order valence-corrected chi connectivity index (χ4v) is 1.91. The molecule has 0 aliphatic heterocycles. The van der Waals surface area contributed by atoms with Gasteiger partial charge in [-0.25, -0.2) is 0 Å².